The van der Waals surface area contributed by atoms with Crippen molar-refractivity contribution < 1.29 is 4.79 Å². The number of nitrogens with zero attached hydrogens (tertiary/aromatic N) is 2. The molecule has 2 N–H and O–H groups in total. The molecule has 12 heavy (non-hydrogen) atoms. The molecule has 1 amide bonds. The molecule has 4 nitrogen and oxygen atoms in total. The molecule has 0 bridgehead atoms. The second-order valence-corrected chi connectivity index (χ2v) is 2.83. The Bertz CT molecular complexity index is 317. The van der Waals surface area contributed by atoms with Crippen molar-refractivity contribution in [2.24, 2.45) is 5.73 Å². The van der Waals surface area contributed by atoms with Gasteiger partial charge >= 0.3 is 0 Å². The third-order valence-corrected chi connectivity index (χ3v) is 1.98. The Hall–Kier alpha value is -0.870. The molecule has 0 fully saturated rings. The predicted molar refractivity (Wildman–Crippen MR) is 45.3 cm³/mol. The summed E-state index contributed by atoms with van der Waals surface area (Å²) < 4.78 is 0. The van der Waals surface area contributed by atoms with Crippen LogP contribution < -0.4 is 5.73 Å². The van der Waals surface area contributed by atoms with E-state index >= 15 is 0 Å². The first kappa shape index (κ1) is 9.22. The molecular formula is C6H5Cl2N3O. The molecule has 0 unspecified atom stereocenters. The molecule has 0 saturated carbocycles. The van der Waals surface area contributed by atoms with E-state index in [0.29, 0.717) is 5.56 Å². The fourth-order valence-electron chi connectivity index (χ4n) is 0.574. The third-order valence-electron chi connectivity index (χ3n) is 1.25. The van der Waals surface area contributed by atoms with Crippen molar-refractivity contribution in [3.63, 3.8) is 0 Å². The standard InChI is InChI=1S/C6H5Cl2N3O/c1-2-3(7)10-6(5(9)12)11-4(2)8/h1H3,(H2,9,12). The number of nitrogens with two attached hydrogens (primary N) is 1. The number of hydrogen-bond acceptors (Lipinski definition) is 3. The van der Waals surface area contributed by atoms with Gasteiger partial charge in [-0.25, -0.2) is 9.97 Å². The van der Waals surface area contributed by atoms with Crippen LogP contribution in [0, 0.1) is 6.92 Å². The first-order chi connectivity index (χ1) is 5.52. The van der Waals surface area contributed by atoms with E-state index in [1.54, 1.807) is 6.92 Å². The molecule has 6 heteroatoms. The van der Waals surface area contributed by atoms with E-state index in [1.807, 2.05) is 0 Å². The Morgan fingerprint density at radius 1 is 1.33 bits per heavy atom. The zero-order valence-corrected chi connectivity index (χ0v) is 7.65. The number of aromatic nitrogens is 2. The summed E-state index contributed by atoms with van der Waals surface area (Å²) in [5, 5.41) is 0.285. The fourth-order valence-corrected chi connectivity index (χ4v) is 0.961. The Balaban J connectivity index is 3.31. The number of primary amides is 1. The summed E-state index contributed by atoms with van der Waals surface area (Å²) in [6.45, 7) is 1.65. The van der Waals surface area contributed by atoms with Gasteiger partial charge in [0.2, 0.25) is 5.82 Å². The quantitative estimate of drug-likeness (QED) is 0.701. The lowest BCUT2D eigenvalue weighted by Gasteiger charge is -2.00. The SMILES string of the molecule is Cc1c(Cl)nc(C(N)=O)nc1Cl. The number of amides is 1. The highest BCUT2D eigenvalue weighted by Crippen LogP contribution is 2.18. The van der Waals surface area contributed by atoms with Crippen LogP contribution in [0.15, 0.2) is 0 Å². The highest BCUT2D eigenvalue weighted by atomic mass is 35.5. The molecule has 1 rings (SSSR count). The van der Waals surface area contributed by atoms with Crippen molar-refractivity contribution in [3.05, 3.63) is 21.7 Å². The number of halogens is 2. The summed E-state index contributed by atoms with van der Waals surface area (Å²) >= 11 is 11.2. The molecule has 0 atom stereocenters. The Labute approximate surface area is 78.7 Å². The van der Waals surface area contributed by atoms with Gasteiger partial charge in [-0.05, 0) is 6.92 Å². The number of carbonyl (C=O) groups is 1. The summed E-state index contributed by atoms with van der Waals surface area (Å²) in [6, 6.07) is 0. The first-order valence-corrected chi connectivity index (χ1v) is 3.77. The monoisotopic (exact) mass is 205 g/mol. The van der Waals surface area contributed by atoms with Crippen molar-refractivity contribution in [1.29, 1.82) is 0 Å². The molecule has 0 aliphatic carbocycles. The van der Waals surface area contributed by atoms with Gasteiger partial charge in [-0.1, -0.05) is 23.2 Å². The lowest BCUT2D eigenvalue weighted by Crippen LogP contribution is -2.15. The third kappa shape index (κ3) is 1.65. The van der Waals surface area contributed by atoms with Crippen LogP contribution in [0.4, 0.5) is 0 Å². The van der Waals surface area contributed by atoms with Gasteiger partial charge in [0, 0.05) is 5.56 Å². The molecule has 1 aromatic heterocycles. The average Bonchev–Trinajstić information content (AvgIpc) is 1.99. The maximum atomic E-state index is 10.6. The zero-order valence-electron chi connectivity index (χ0n) is 6.14. The van der Waals surface area contributed by atoms with Gasteiger partial charge < -0.3 is 5.73 Å². The number of rotatable bonds is 1. The zero-order chi connectivity index (χ0) is 9.30. The van der Waals surface area contributed by atoms with Crippen LogP contribution in [0.5, 0.6) is 0 Å². The molecular weight excluding hydrogens is 201 g/mol. The lowest BCUT2D eigenvalue weighted by atomic mass is 10.4. The number of carbonyl (C=O) groups excluding carboxylic acids is 1. The summed E-state index contributed by atoms with van der Waals surface area (Å²) in [4.78, 5) is 17.9. The van der Waals surface area contributed by atoms with E-state index in [0.717, 1.165) is 0 Å². The minimum atomic E-state index is -0.751. The molecule has 0 saturated heterocycles. The van der Waals surface area contributed by atoms with Crippen molar-refractivity contribution in [2.45, 2.75) is 6.92 Å². The van der Waals surface area contributed by atoms with Gasteiger partial charge in [0.15, 0.2) is 0 Å². The van der Waals surface area contributed by atoms with Crippen molar-refractivity contribution in [1.82, 2.24) is 9.97 Å². The minimum Gasteiger partial charge on any atom is -0.363 e. The van der Waals surface area contributed by atoms with Gasteiger partial charge in [-0.2, -0.15) is 0 Å². The van der Waals surface area contributed by atoms with E-state index in [1.165, 1.54) is 0 Å². The summed E-state index contributed by atoms with van der Waals surface area (Å²) in [7, 11) is 0. The van der Waals surface area contributed by atoms with Gasteiger partial charge in [-0.3, -0.25) is 4.79 Å². The largest absolute Gasteiger partial charge is 0.363 e. The molecule has 0 radical (unpaired) electrons. The Morgan fingerprint density at radius 3 is 2.08 bits per heavy atom. The van der Waals surface area contributed by atoms with Crippen molar-refractivity contribution >= 4 is 29.1 Å². The van der Waals surface area contributed by atoms with Crippen LogP contribution in [-0.2, 0) is 0 Å². The molecule has 0 aliphatic rings. The topological polar surface area (TPSA) is 68.9 Å². The van der Waals surface area contributed by atoms with Crippen LogP contribution in [0.1, 0.15) is 16.2 Å². The second kappa shape index (κ2) is 3.25. The van der Waals surface area contributed by atoms with Crippen molar-refractivity contribution in [3.8, 4) is 0 Å². The van der Waals surface area contributed by atoms with Gasteiger partial charge in [0.1, 0.15) is 10.3 Å². The Kier molecular flexibility index (Phi) is 2.49. The van der Waals surface area contributed by atoms with Crippen LogP contribution in [0.3, 0.4) is 0 Å². The number of hydrogen-bond donors (Lipinski definition) is 1. The van der Waals surface area contributed by atoms with E-state index in [9.17, 15) is 4.79 Å². The van der Waals surface area contributed by atoms with Gasteiger partial charge in [0.05, 0.1) is 0 Å². The molecule has 0 spiro atoms. The molecule has 0 aliphatic heterocycles. The highest BCUT2D eigenvalue weighted by Gasteiger charge is 2.10. The summed E-state index contributed by atoms with van der Waals surface area (Å²) in [5.74, 6) is -0.922. The average molecular weight is 206 g/mol. The first-order valence-electron chi connectivity index (χ1n) is 3.02. The summed E-state index contributed by atoms with van der Waals surface area (Å²) in [5.41, 5.74) is 5.45. The maximum absolute atomic E-state index is 10.6. The lowest BCUT2D eigenvalue weighted by molar-refractivity contribution is 0.0990. The minimum absolute atomic E-state index is 0.142. The Morgan fingerprint density at radius 2 is 1.75 bits per heavy atom. The second-order valence-electron chi connectivity index (χ2n) is 2.12. The molecule has 64 valence electrons. The van der Waals surface area contributed by atoms with Crippen molar-refractivity contribution in [2.75, 3.05) is 0 Å². The van der Waals surface area contributed by atoms with E-state index in [2.05, 4.69) is 9.97 Å². The van der Waals surface area contributed by atoms with Crippen LogP contribution in [0.25, 0.3) is 0 Å². The van der Waals surface area contributed by atoms with E-state index < -0.39 is 5.91 Å². The normalized spacial score (nSPS) is 9.92. The smallest absolute Gasteiger partial charge is 0.286 e. The maximum Gasteiger partial charge on any atom is 0.286 e. The highest BCUT2D eigenvalue weighted by molar-refractivity contribution is 6.34. The van der Waals surface area contributed by atoms with Crippen LogP contribution in [0.2, 0.25) is 10.3 Å². The molecule has 0 aromatic carbocycles. The van der Waals surface area contributed by atoms with E-state index in [-0.39, 0.29) is 16.1 Å². The fraction of sp³-hybridized carbons (Fsp3) is 0.167. The van der Waals surface area contributed by atoms with Gasteiger partial charge in [-0.15, -0.1) is 0 Å². The van der Waals surface area contributed by atoms with Crippen LogP contribution in [-0.4, -0.2) is 15.9 Å². The molecule has 1 aromatic rings. The summed E-state index contributed by atoms with van der Waals surface area (Å²) in [6.07, 6.45) is 0. The predicted octanol–water partition coefficient (Wildman–Crippen LogP) is 1.19. The molecule has 1 heterocycles. The van der Waals surface area contributed by atoms with Crippen LogP contribution >= 0.6 is 23.2 Å². The van der Waals surface area contributed by atoms with Gasteiger partial charge in [0.25, 0.3) is 5.91 Å². The van der Waals surface area contributed by atoms with E-state index in [4.69, 9.17) is 28.9 Å².